The third-order valence-electron chi connectivity index (χ3n) is 5.19. The fourth-order valence-corrected chi connectivity index (χ4v) is 4.83. The Morgan fingerprint density at radius 2 is 1.96 bits per heavy atom. The highest BCUT2D eigenvalue weighted by molar-refractivity contribution is 7.10. The Labute approximate surface area is 162 Å². The van der Waals surface area contributed by atoms with Crippen LogP contribution in [0.5, 0.6) is 11.5 Å². The second-order valence-corrected chi connectivity index (χ2v) is 7.78. The number of aryl methyl sites for hydroxylation is 1. The van der Waals surface area contributed by atoms with Gasteiger partial charge in [-0.25, -0.2) is 4.79 Å². The molecule has 1 aliphatic heterocycles. The van der Waals surface area contributed by atoms with Gasteiger partial charge in [0, 0.05) is 17.0 Å². The number of nitrogens with zero attached hydrogens (tertiary/aromatic N) is 1. The number of benzene rings is 1. The van der Waals surface area contributed by atoms with E-state index in [0.29, 0.717) is 26.0 Å². The Bertz CT molecular complexity index is 848. The van der Waals surface area contributed by atoms with Gasteiger partial charge in [0.15, 0.2) is 0 Å². The number of methoxy groups -OCH3 is 1. The average molecular weight is 386 g/mol. The fraction of sp³-hybridized carbons (Fsp3) is 0.400. The van der Waals surface area contributed by atoms with Crippen molar-refractivity contribution >= 4 is 23.3 Å². The minimum atomic E-state index is -0.860. The van der Waals surface area contributed by atoms with Crippen LogP contribution in [0, 0.1) is 0 Å². The molecular weight excluding hydrogens is 364 g/mol. The molecule has 0 saturated carbocycles. The van der Waals surface area contributed by atoms with Crippen molar-refractivity contribution in [3.05, 3.63) is 46.2 Å². The second-order valence-electron chi connectivity index (χ2n) is 6.78. The Hall–Kier alpha value is -2.54. The van der Waals surface area contributed by atoms with Gasteiger partial charge < -0.3 is 14.8 Å². The molecule has 1 aromatic carbocycles. The lowest BCUT2D eigenvalue weighted by Gasteiger charge is -2.31. The predicted octanol–water partition coefficient (Wildman–Crippen LogP) is 3.31. The van der Waals surface area contributed by atoms with Gasteiger partial charge >= 0.3 is 6.03 Å². The van der Waals surface area contributed by atoms with Crippen molar-refractivity contribution in [2.24, 2.45) is 0 Å². The summed E-state index contributed by atoms with van der Waals surface area (Å²) in [6.45, 7) is 0.780. The summed E-state index contributed by atoms with van der Waals surface area (Å²) in [7, 11) is 1.62. The third kappa shape index (κ3) is 3.16. The maximum Gasteiger partial charge on any atom is 0.325 e. The van der Waals surface area contributed by atoms with Gasteiger partial charge in [-0.1, -0.05) is 0 Å². The number of nitrogens with one attached hydrogen (secondary N) is 1. The quantitative estimate of drug-likeness (QED) is 0.611. The van der Waals surface area contributed by atoms with Crippen LogP contribution in [0.4, 0.5) is 4.79 Å². The zero-order valence-electron chi connectivity index (χ0n) is 15.2. The number of carbonyl (C=O) groups is 2. The molecule has 1 aliphatic carbocycles. The molecule has 2 heterocycles. The van der Waals surface area contributed by atoms with Crippen LogP contribution >= 0.6 is 11.3 Å². The summed E-state index contributed by atoms with van der Waals surface area (Å²) in [5.41, 5.74) is 0.121. The highest BCUT2D eigenvalue weighted by Gasteiger charge is 2.54. The van der Waals surface area contributed by atoms with Crippen LogP contribution in [0.25, 0.3) is 0 Å². The number of fused-ring (bicyclic) bond motifs is 2. The topological polar surface area (TPSA) is 67.9 Å². The van der Waals surface area contributed by atoms with E-state index in [-0.39, 0.29) is 11.9 Å². The first-order valence-corrected chi connectivity index (χ1v) is 10.00. The predicted molar refractivity (Wildman–Crippen MR) is 102 cm³/mol. The van der Waals surface area contributed by atoms with Crippen molar-refractivity contribution in [3.8, 4) is 11.5 Å². The zero-order chi connectivity index (χ0) is 18.9. The van der Waals surface area contributed by atoms with E-state index in [0.717, 1.165) is 29.9 Å². The van der Waals surface area contributed by atoms with Crippen molar-refractivity contribution < 1.29 is 19.1 Å². The molecule has 4 rings (SSSR count). The summed E-state index contributed by atoms with van der Waals surface area (Å²) < 4.78 is 10.8. The number of urea groups is 1. The molecule has 2 aliphatic rings. The Balaban J connectivity index is 1.36. The maximum atomic E-state index is 13.1. The maximum absolute atomic E-state index is 13.1. The van der Waals surface area contributed by atoms with Gasteiger partial charge in [-0.05, 0) is 61.4 Å². The van der Waals surface area contributed by atoms with Crippen LogP contribution < -0.4 is 14.8 Å². The first-order chi connectivity index (χ1) is 13.1. The van der Waals surface area contributed by atoms with Crippen LogP contribution in [0.2, 0.25) is 0 Å². The normalized spacial score (nSPS) is 21.3. The molecule has 27 heavy (non-hydrogen) atoms. The Morgan fingerprint density at radius 1 is 1.19 bits per heavy atom. The molecule has 3 amide bonds. The molecule has 142 valence electrons. The molecule has 1 aromatic heterocycles. The average Bonchev–Trinajstić information content (AvgIpc) is 3.25. The number of imide groups is 1. The minimum absolute atomic E-state index is 0.128. The van der Waals surface area contributed by atoms with Crippen LogP contribution in [0.15, 0.2) is 35.7 Å². The van der Waals surface area contributed by atoms with Gasteiger partial charge in [0.25, 0.3) is 5.91 Å². The highest BCUT2D eigenvalue weighted by Crippen LogP contribution is 2.42. The van der Waals surface area contributed by atoms with E-state index < -0.39 is 5.54 Å². The number of hydrogen-bond donors (Lipinski definition) is 1. The molecule has 1 saturated heterocycles. The van der Waals surface area contributed by atoms with E-state index in [1.165, 1.54) is 9.78 Å². The molecule has 1 fully saturated rings. The lowest BCUT2D eigenvalue weighted by Crippen LogP contribution is -2.46. The van der Waals surface area contributed by atoms with Gasteiger partial charge in [0.2, 0.25) is 0 Å². The van der Waals surface area contributed by atoms with Crippen LogP contribution in [0.3, 0.4) is 0 Å². The van der Waals surface area contributed by atoms with Crippen LogP contribution in [0.1, 0.15) is 29.7 Å². The van der Waals surface area contributed by atoms with Gasteiger partial charge in [0.1, 0.15) is 17.0 Å². The summed E-state index contributed by atoms with van der Waals surface area (Å²) in [4.78, 5) is 28.1. The molecule has 0 radical (unpaired) electrons. The molecule has 1 N–H and O–H groups in total. The SMILES string of the molecule is COc1ccc(OCCCN2C(=O)N[C@]3(CCCc4sccc43)C2=O)cc1. The van der Waals surface area contributed by atoms with E-state index in [4.69, 9.17) is 9.47 Å². The number of amides is 3. The fourth-order valence-electron chi connectivity index (χ4n) is 3.83. The van der Waals surface area contributed by atoms with Crippen molar-refractivity contribution in [1.29, 1.82) is 0 Å². The van der Waals surface area contributed by atoms with E-state index in [1.807, 2.05) is 35.7 Å². The first kappa shape index (κ1) is 17.9. The Kier molecular flexibility index (Phi) is 4.78. The summed E-state index contributed by atoms with van der Waals surface area (Å²) in [5.74, 6) is 1.38. The van der Waals surface area contributed by atoms with E-state index >= 15 is 0 Å². The number of ether oxygens (including phenoxy) is 2. The molecule has 2 aromatic rings. The Morgan fingerprint density at radius 3 is 2.74 bits per heavy atom. The van der Waals surface area contributed by atoms with Crippen LogP contribution in [-0.4, -0.2) is 37.1 Å². The van der Waals surface area contributed by atoms with E-state index in [1.54, 1.807) is 18.4 Å². The largest absolute Gasteiger partial charge is 0.497 e. The summed E-state index contributed by atoms with van der Waals surface area (Å²) in [6, 6.07) is 9.01. The van der Waals surface area contributed by atoms with Gasteiger partial charge in [0.05, 0.1) is 13.7 Å². The molecular formula is C20H22N2O4S. The van der Waals surface area contributed by atoms with Crippen molar-refractivity contribution in [2.75, 3.05) is 20.3 Å². The minimum Gasteiger partial charge on any atom is -0.497 e. The summed E-state index contributed by atoms with van der Waals surface area (Å²) >= 11 is 1.66. The molecule has 0 unspecified atom stereocenters. The third-order valence-corrected chi connectivity index (χ3v) is 6.17. The smallest absolute Gasteiger partial charge is 0.325 e. The summed E-state index contributed by atoms with van der Waals surface area (Å²) in [5, 5.41) is 4.97. The highest BCUT2D eigenvalue weighted by atomic mass is 32.1. The van der Waals surface area contributed by atoms with E-state index in [2.05, 4.69) is 5.32 Å². The van der Waals surface area contributed by atoms with Crippen molar-refractivity contribution in [1.82, 2.24) is 10.2 Å². The number of hydrogen-bond acceptors (Lipinski definition) is 5. The lowest BCUT2D eigenvalue weighted by atomic mass is 9.80. The monoisotopic (exact) mass is 386 g/mol. The standard InChI is InChI=1S/C20H22N2O4S/c1-25-14-5-7-15(8-6-14)26-12-3-11-22-18(23)20(21-19(22)24)10-2-4-17-16(20)9-13-27-17/h5-9,13H,2-4,10-12H2,1H3,(H,21,24)/t20-/m0/s1. The number of thiophene rings is 1. The first-order valence-electron chi connectivity index (χ1n) is 9.12. The molecule has 1 atom stereocenters. The van der Waals surface area contributed by atoms with Crippen LogP contribution in [-0.2, 0) is 16.8 Å². The molecule has 0 bridgehead atoms. The van der Waals surface area contributed by atoms with E-state index in [9.17, 15) is 9.59 Å². The van der Waals surface area contributed by atoms with Crippen molar-refractivity contribution in [2.45, 2.75) is 31.2 Å². The molecule has 7 heteroatoms. The molecule has 1 spiro atoms. The summed E-state index contributed by atoms with van der Waals surface area (Å²) in [6.07, 6.45) is 3.14. The number of carbonyl (C=O) groups excluding carboxylic acids is 2. The zero-order valence-corrected chi connectivity index (χ0v) is 16.0. The van der Waals surface area contributed by atoms with Gasteiger partial charge in [-0.3, -0.25) is 9.69 Å². The van der Waals surface area contributed by atoms with Crippen molar-refractivity contribution in [3.63, 3.8) is 0 Å². The molecule has 6 nitrogen and oxygen atoms in total. The lowest BCUT2D eigenvalue weighted by molar-refractivity contribution is -0.132. The number of rotatable bonds is 6. The van der Waals surface area contributed by atoms with Gasteiger partial charge in [-0.15, -0.1) is 11.3 Å². The van der Waals surface area contributed by atoms with Gasteiger partial charge in [-0.2, -0.15) is 0 Å². The second kappa shape index (κ2) is 7.23.